The van der Waals surface area contributed by atoms with Gasteiger partial charge in [-0.1, -0.05) is 108 Å². The molecule has 0 amide bonds. The first-order valence-corrected chi connectivity index (χ1v) is 12.3. The van der Waals surface area contributed by atoms with Crippen LogP contribution in [0.4, 0.5) is 0 Å². The van der Waals surface area contributed by atoms with E-state index >= 15 is 0 Å². The highest BCUT2D eigenvalue weighted by molar-refractivity contribution is 8.01. The van der Waals surface area contributed by atoms with E-state index in [4.69, 9.17) is 4.98 Å². The van der Waals surface area contributed by atoms with Crippen LogP contribution in [0.5, 0.6) is 0 Å². The lowest BCUT2D eigenvalue weighted by Crippen LogP contribution is -1.95. The number of hydrogen-bond donors (Lipinski definition) is 0. The van der Waals surface area contributed by atoms with E-state index in [2.05, 4.69) is 107 Å². The Labute approximate surface area is 200 Å². The molecule has 158 valence electrons. The summed E-state index contributed by atoms with van der Waals surface area (Å²) >= 11 is 3.27. The first-order valence-electron chi connectivity index (χ1n) is 10.7. The van der Waals surface area contributed by atoms with Crippen molar-refractivity contribution < 1.29 is 0 Å². The summed E-state index contributed by atoms with van der Waals surface area (Å²) < 4.78 is 0.920. The minimum absolute atomic E-state index is 0.920. The monoisotopic (exact) mass is 461 g/mol. The van der Waals surface area contributed by atoms with E-state index in [0.717, 1.165) is 36.4 Å². The summed E-state index contributed by atoms with van der Waals surface area (Å²) in [6.45, 7) is 1.99. The molecule has 0 unspecified atom stereocenters. The third-order valence-electron chi connectivity index (χ3n) is 5.63. The van der Waals surface area contributed by atoms with Crippen LogP contribution < -0.4 is 0 Å². The predicted octanol–water partition coefficient (Wildman–Crippen LogP) is 8.03. The third kappa shape index (κ3) is 3.80. The van der Waals surface area contributed by atoms with Crippen molar-refractivity contribution in [1.82, 2.24) is 15.2 Å². The van der Waals surface area contributed by atoms with Crippen LogP contribution in [0, 0.1) is 6.92 Å². The van der Waals surface area contributed by atoms with E-state index in [1.807, 2.05) is 6.92 Å². The van der Waals surface area contributed by atoms with Gasteiger partial charge in [-0.05, 0) is 35.4 Å². The third-order valence-corrected chi connectivity index (χ3v) is 7.62. The van der Waals surface area contributed by atoms with Crippen LogP contribution in [0.3, 0.4) is 0 Å². The Hall–Kier alpha value is -3.54. The molecule has 3 nitrogen and oxygen atoms in total. The van der Waals surface area contributed by atoms with Gasteiger partial charge in [0, 0.05) is 21.4 Å². The normalized spacial score (nSPS) is 11.3. The van der Waals surface area contributed by atoms with Crippen LogP contribution in [0.15, 0.2) is 106 Å². The zero-order valence-electron chi connectivity index (χ0n) is 17.9. The predicted molar refractivity (Wildman–Crippen MR) is 139 cm³/mol. The molecule has 6 aromatic rings. The van der Waals surface area contributed by atoms with E-state index in [1.54, 1.807) is 23.1 Å². The standard InChI is InChI=1S/C28H19N3S2/c1-18-30-31-28(32-18)33-27-25(20-10-3-2-4-11-20)23-13-7-8-14-24(23)29-26(27)22-16-15-19-9-5-6-12-21(19)17-22/h2-17H,1H3. The molecule has 0 N–H and O–H groups in total. The SMILES string of the molecule is Cc1nnc(Sc2c(-c3ccc4ccccc4c3)nc3ccccc3c2-c2ccccc2)s1. The van der Waals surface area contributed by atoms with Crippen molar-refractivity contribution in [2.75, 3.05) is 0 Å². The van der Waals surface area contributed by atoms with Gasteiger partial charge in [-0.2, -0.15) is 0 Å². The molecule has 0 saturated carbocycles. The molecule has 2 heterocycles. The highest BCUT2D eigenvalue weighted by atomic mass is 32.2. The van der Waals surface area contributed by atoms with Gasteiger partial charge in [0.05, 0.1) is 11.2 Å². The van der Waals surface area contributed by atoms with Gasteiger partial charge in [-0.15, -0.1) is 10.2 Å². The lowest BCUT2D eigenvalue weighted by molar-refractivity contribution is 0.984. The molecule has 0 aliphatic carbocycles. The summed E-state index contributed by atoms with van der Waals surface area (Å²) in [7, 11) is 0. The van der Waals surface area contributed by atoms with Crippen molar-refractivity contribution in [2.24, 2.45) is 0 Å². The van der Waals surface area contributed by atoms with Gasteiger partial charge in [0.15, 0.2) is 4.34 Å². The number of hydrogen-bond acceptors (Lipinski definition) is 5. The summed E-state index contributed by atoms with van der Waals surface area (Å²) in [6.07, 6.45) is 0. The van der Waals surface area contributed by atoms with Gasteiger partial charge >= 0.3 is 0 Å². The number of benzene rings is 4. The van der Waals surface area contributed by atoms with E-state index in [-0.39, 0.29) is 0 Å². The van der Waals surface area contributed by atoms with Crippen molar-refractivity contribution in [1.29, 1.82) is 0 Å². The molecule has 0 aliphatic rings. The quantitative estimate of drug-likeness (QED) is 0.266. The van der Waals surface area contributed by atoms with Gasteiger partial charge in [0.1, 0.15) is 5.01 Å². The highest BCUT2D eigenvalue weighted by Crippen LogP contribution is 2.46. The van der Waals surface area contributed by atoms with Gasteiger partial charge in [-0.25, -0.2) is 4.98 Å². The summed E-state index contributed by atoms with van der Waals surface area (Å²) in [4.78, 5) is 6.28. The highest BCUT2D eigenvalue weighted by Gasteiger charge is 2.20. The molecule has 33 heavy (non-hydrogen) atoms. The molecule has 0 aliphatic heterocycles. The lowest BCUT2D eigenvalue weighted by atomic mass is 9.97. The molecule has 0 saturated heterocycles. The largest absolute Gasteiger partial charge is 0.247 e. The minimum Gasteiger partial charge on any atom is -0.247 e. The van der Waals surface area contributed by atoms with Crippen LogP contribution in [0.1, 0.15) is 5.01 Å². The summed E-state index contributed by atoms with van der Waals surface area (Å²) in [5, 5.41) is 13.2. The van der Waals surface area contributed by atoms with Crippen molar-refractivity contribution in [3.63, 3.8) is 0 Å². The molecule has 0 radical (unpaired) electrons. The van der Waals surface area contributed by atoms with E-state index in [9.17, 15) is 0 Å². The molecule has 5 heteroatoms. The Kier molecular flexibility index (Phi) is 5.13. The molecule has 6 rings (SSSR count). The fourth-order valence-corrected chi connectivity index (χ4v) is 6.17. The average Bonchev–Trinajstić information content (AvgIpc) is 3.28. The molecule has 4 aromatic carbocycles. The van der Waals surface area contributed by atoms with Gasteiger partial charge < -0.3 is 0 Å². The van der Waals surface area contributed by atoms with E-state index in [0.29, 0.717) is 0 Å². The van der Waals surface area contributed by atoms with Crippen LogP contribution in [-0.4, -0.2) is 15.2 Å². The average molecular weight is 462 g/mol. The van der Waals surface area contributed by atoms with E-state index < -0.39 is 0 Å². The fraction of sp³-hybridized carbons (Fsp3) is 0.0357. The number of aromatic nitrogens is 3. The molecule has 2 aromatic heterocycles. The summed E-state index contributed by atoms with van der Waals surface area (Å²) in [6, 6.07) is 34.0. The summed E-state index contributed by atoms with van der Waals surface area (Å²) in [5.41, 5.74) is 5.40. The number of aryl methyl sites for hydroxylation is 1. The van der Waals surface area contributed by atoms with Gasteiger partial charge in [-0.3, -0.25) is 0 Å². The number of rotatable bonds is 4. The molecular formula is C28H19N3S2. The van der Waals surface area contributed by atoms with Crippen molar-refractivity contribution >= 4 is 44.8 Å². The van der Waals surface area contributed by atoms with E-state index in [1.165, 1.54) is 21.9 Å². The Morgan fingerprint density at radius 3 is 2.27 bits per heavy atom. The van der Waals surface area contributed by atoms with Gasteiger partial charge in [0.25, 0.3) is 0 Å². The second-order valence-corrected chi connectivity index (χ2v) is 10.2. The molecular weight excluding hydrogens is 442 g/mol. The maximum atomic E-state index is 5.18. The first kappa shape index (κ1) is 20.1. The minimum atomic E-state index is 0.920. The first-order chi connectivity index (χ1) is 16.3. The van der Waals surface area contributed by atoms with Gasteiger partial charge in [0.2, 0.25) is 0 Å². The number of pyridine rings is 1. The zero-order chi connectivity index (χ0) is 22.2. The number of fused-ring (bicyclic) bond motifs is 2. The summed E-state index contributed by atoms with van der Waals surface area (Å²) in [5.74, 6) is 0. The number of nitrogens with zero attached hydrogens (tertiary/aromatic N) is 3. The topological polar surface area (TPSA) is 38.7 Å². The maximum Gasteiger partial charge on any atom is 0.179 e. The molecule has 0 fully saturated rings. The molecule has 0 spiro atoms. The second-order valence-electron chi connectivity index (χ2n) is 7.80. The smallest absolute Gasteiger partial charge is 0.179 e. The van der Waals surface area contributed by atoms with Crippen molar-refractivity contribution in [3.05, 3.63) is 102 Å². The Balaban J connectivity index is 1.69. The Morgan fingerprint density at radius 2 is 1.45 bits per heavy atom. The Bertz CT molecular complexity index is 1610. The van der Waals surface area contributed by atoms with Crippen LogP contribution in [0.25, 0.3) is 44.1 Å². The molecule has 0 atom stereocenters. The molecule has 0 bridgehead atoms. The Morgan fingerprint density at radius 1 is 0.697 bits per heavy atom. The van der Waals surface area contributed by atoms with Crippen molar-refractivity contribution in [3.8, 4) is 22.4 Å². The fourth-order valence-electron chi connectivity index (χ4n) is 4.12. The number of para-hydroxylation sites is 1. The lowest BCUT2D eigenvalue weighted by Gasteiger charge is -2.17. The van der Waals surface area contributed by atoms with Crippen LogP contribution >= 0.6 is 23.1 Å². The van der Waals surface area contributed by atoms with Crippen LogP contribution in [-0.2, 0) is 0 Å². The maximum absolute atomic E-state index is 5.18. The zero-order valence-corrected chi connectivity index (χ0v) is 19.5. The van der Waals surface area contributed by atoms with Crippen molar-refractivity contribution in [2.45, 2.75) is 16.2 Å². The second kappa shape index (κ2) is 8.43. The van der Waals surface area contributed by atoms with Crippen LogP contribution in [0.2, 0.25) is 0 Å².